The molecule has 0 aliphatic carbocycles. The van der Waals surface area contributed by atoms with Crippen LogP contribution in [0.1, 0.15) is 17.7 Å². The average Bonchev–Trinajstić information content (AvgIpc) is 3.18. The highest BCUT2D eigenvalue weighted by atomic mass is 79.9. The van der Waals surface area contributed by atoms with Gasteiger partial charge in [0, 0.05) is 42.8 Å². The van der Waals surface area contributed by atoms with Crippen molar-refractivity contribution >= 4 is 31.6 Å². The third-order valence-electron chi connectivity index (χ3n) is 5.18. The Morgan fingerprint density at radius 1 is 1.22 bits per heavy atom. The van der Waals surface area contributed by atoms with Gasteiger partial charge in [0.1, 0.15) is 10.6 Å². The van der Waals surface area contributed by atoms with Gasteiger partial charge < -0.3 is 10.4 Å². The zero-order valence-corrected chi connectivity index (χ0v) is 18.8. The molecule has 1 aliphatic heterocycles. The molecule has 1 fully saturated rings. The summed E-state index contributed by atoms with van der Waals surface area (Å²) >= 11 is 3.23. The van der Waals surface area contributed by atoms with Crippen LogP contribution in [0.2, 0.25) is 0 Å². The maximum absolute atomic E-state index is 13.3. The summed E-state index contributed by atoms with van der Waals surface area (Å²) in [6, 6.07) is 6.71. The summed E-state index contributed by atoms with van der Waals surface area (Å²) in [5, 5.41) is 12.2. The second kappa shape index (κ2) is 9.57. The molecule has 1 aliphatic rings. The summed E-state index contributed by atoms with van der Waals surface area (Å²) in [4.78, 5) is 3.40. The number of nitrogens with one attached hydrogen (secondary N) is 1. The standard InChI is InChI=1S/C19H19BrF5N3O3S/c20-13-2-4-17(16(5-13)27-7-11-1-3-15(18(21)22)26-6-11)32(30,31)28-8-12(10-29)14(9-28)19(23,24)25/h1-6,12,14,18,27,29H,7-10H2/t12-,14+/m0/s1. The van der Waals surface area contributed by atoms with Crippen molar-refractivity contribution in [2.24, 2.45) is 11.8 Å². The summed E-state index contributed by atoms with van der Waals surface area (Å²) in [7, 11) is -4.32. The van der Waals surface area contributed by atoms with E-state index >= 15 is 0 Å². The number of hydrogen-bond donors (Lipinski definition) is 2. The number of anilines is 1. The SMILES string of the molecule is O=S(=O)(c1ccc(Br)cc1NCc1ccc(C(F)F)nc1)N1C[C@@H](CO)[C@H](C(F)(F)F)C1. The van der Waals surface area contributed by atoms with Crippen LogP contribution in [0.15, 0.2) is 45.9 Å². The number of rotatable bonds is 7. The van der Waals surface area contributed by atoms with E-state index in [1.165, 1.54) is 30.5 Å². The quantitative estimate of drug-likeness (QED) is 0.512. The first-order valence-electron chi connectivity index (χ1n) is 9.37. The molecular weight excluding hydrogens is 525 g/mol. The Kier molecular flexibility index (Phi) is 7.42. The molecule has 2 aromatic rings. The Labute approximate surface area is 189 Å². The van der Waals surface area contributed by atoms with Crippen LogP contribution < -0.4 is 5.32 Å². The van der Waals surface area contributed by atoms with Crippen LogP contribution in [0.3, 0.4) is 0 Å². The average molecular weight is 544 g/mol. The van der Waals surface area contributed by atoms with Gasteiger partial charge in [0.25, 0.3) is 6.43 Å². The predicted octanol–water partition coefficient (Wildman–Crippen LogP) is 4.19. The van der Waals surface area contributed by atoms with Crippen molar-refractivity contribution in [1.82, 2.24) is 9.29 Å². The maximum atomic E-state index is 13.3. The molecule has 1 aromatic carbocycles. The van der Waals surface area contributed by atoms with Crippen LogP contribution in [0.5, 0.6) is 0 Å². The highest BCUT2D eigenvalue weighted by molar-refractivity contribution is 9.10. The van der Waals surface area contributed by atoms with Crippen LogP contribution in [-0.2, 0) is 16.6 Å². The summed E-state index contributed by atoms with van der Waals surface area (Å²) in [5.74, 6) is -3.22. The van der Waals surface area contributed by atoms with Crippen molar-refractivity contribution in [3.63, 3.8) is 0 Å². The fourth-order valence-electron chi connectivity index (χ4n) is 3.46. The molecule has 2 N–H and O–H groups in total. The van der Waals surface area contributed by atoms with Gasteiger partial charge in [-0.2, -0.15) is 17.5 Å². The molecule has 13 heteroatoms. The topological polar surface area (TPSA) is 82.5 Å². The molecule has 0 amide bonds. The number of hydrogen-bond acceptors (Lipinski definition) is 5. The Balaban J connectivity index is 1.85. The number of halogens is 6. The van der Waals surface area contributed by atoms with Crippen LogP contribution in [0.25, 0.3) is 0 Å². The largest absolute Gasteiger partial charge is 0.396 e. The van der Waals surface area contributed by atoms with Gasteiger partial charge in [-0.3, -0.25) is 4.98 Å². The van der Waals surface area contributed by atoms with Gasteiger partial charge >= 0.3 is 6.18 Å². The molecule has 1 aromatic heterocycles. The molecule has 2 atom stereocenters. The first-order valence-corrected chi connectivity index (χ1v) is 11.6. The lowest BCUT2D eigenvalue weighted by Gasteiger charge is -2.20. The van der Waals surface area contributed by atoms with Crippen molar-refractivity contribution < 1.29 is 35.5 Å². The fourth-order valence-corrected chi connectivity index (χ4v) is 5.49. The van der Waals surface area contributed by atoms with Gasteiger partial charge in [0.15, 0.2) is 0 Å². The van der Waals surface area contributed by atoms with Crippen molar-refractivity contribution in [2.75, 3.05) is 25.0 Å². The highest BCUT2D eigenvalue weighted by Gasteiger charge is 2.52. The molecule has 1 saturated heterocycles. The molecule has 0 radical (unpaired) electrons. The van der Waals surface area contributed by atoms with Crippen molar-refractivity contribution in [1.29, 1.82) is 0 Å². The monoisotopic (exact) mass is 543 g/mol. The van der Waals surface area contributed by atoms with E-state index in [9.17, 15) is 35.5 Å². The van der Waals surface area contributed by atoms with Crippen LogP contribution in [0, 0.1) is 11.8 Å². The molecule has 6 nitrogen and oxygen atoms in total. The van der Waals surface area contributed by atoms with E-state index in [-0.39, 0.29) is 17.1 Å². The van der Waals surface area contributed by atoms with Crippen molar-refractivity contribution in [3.8, 4) is 0 Å². The van der Waals surface area contributed by atoms with Gasteiger partial charge in [0.2, 0.25) is 10.0 Å². The number of alkyl halides is 5. The Morgan fingerprint density at radius 2 is 1.94 bits per heavy atom. The van der Waals surface area contributed by atoms with Crippen molar-refractivity contribution in [2.45, 2.75) is 24.0 Å². The third-order valence-corrected chi connectivity index (χ3v) is 7.56. The molecular formula is C19H19BrF5N3O3S. The summed E-state index contributed by atoms with van der Waals surface area (Å²) < 4.78 is 92.7. The lowest BCUT2D eigenvalue weighted by atomic mass is 9.97. The maximum Gasteiger partial charge on any atom is 0.393 e. The number of aliphatic hydroxyl groups excluding tert-OH is 1. The minimum absolute atomic E-state index is 0.0416. The fraction of sp³-hybridized carbons (Fsp3) is 0.421. The Bertz CT molecular complexity index is 1050. The van der Waals surface area contributed by atoms with E-state index in [2.05, 4.69) is 26.2 Å². The molecule has 0 unspecified atom stereocenters. The van der Waals surface area contributed by atoms with Gasteiger partial charge in [0.05, 0.1) is 11.6 Å². The number of nitrogens with zero attached hydrogens (tertiary/aromatic N) is 2. The van der Waals surface area contributed by atoms with Crippen LogP contribution in [0.4, 0.5) is 27.6 Å². The number of aliphatic hydroxyl groups is 1. The molecule has 176 valence electrons. The van der Waals surface area contributed by atoms with Gasteiger partial charge in [-0.15, -0.1) is 0 Å². The van der Waals surface area contributed by atoms with Crippen molar-refractivity contribution in [3.05, 3.63) is 52.3 Å². The van der Waals surface area contributed by atoms with Crippen LogP contribution in [-0.4, -0.2) is 48.7 Å². The smallest absolute Gasteiger partial charge is 0.393 e. The lowest BCUT2D eigenvalue weighted by Crippen LogP contribution is -2.33. The number of benzene rings is 1. The summed E-state index contributed by atoms with van der Waals surface area (Å²) in [6.07, 6.45) is -6.14. The predicted molar refractivity (Wildman–Crippen MR) is 110 cm³/mol. The number of sulfonamides is 1. The molecule has 2 heterocycles. The summed E-state index contributed by atoms with van der Waals surface area (Å²) in [6.45, 7) is -1.99. The van der Waals surface area contributed by atoms with E-state index in [1.54, 1.807) is 0 Å². The number of pyridine rings is 1. The summed E-state index contributed by atoms with van der Waals surface area (Å²) in [5.41, 5.74) is 0.218. The van der Waals surface area contributed by atoms with E-state index in [1.807, 2.05) is 0 Å². The van der Waals surface area contributed by atoms with E-state index in [0.29, 0.717) is 10.0 Å². The highest BCUT2D eigenvalue weighted by Crippen LogP contribution is 2.40. The van der Waals surface area contributed by atoms with Crippen LogP contribution >= 0.6 is 15.9 Å². The minimum atomic E-state index is -4.64. The normalized spacial score (nSPS) is 20.1. The zero-order chi connectivity index (χ0) is 23.7. The Morgan fingerprint density at radius 3 is 2.47 bits per heavy atom. The Hall–Kier alpha value is -1.83. The lowest BCUT2D eigenvalue weighted by molar-refractivity contribution is -0.182. The van der Waals surface area contributed by atoms with Gasteiger partial charge in [-0.05, 0) is 29.8 Å². The first-order chi connectivity index (χ1) is 14.9. The van der Waals surface area contributed by atoms with E-state index in [4.69, 9.17) is 0 Å². The second-order valence-electron chi connectivity index (χ2n) is 7.30. The van der Waals surface area contributed by atoms with E-state index in [0.717, 1.165) is 10.4 Å². The molecule has 0 spiro atoms. The second-order valence-corrected chi connectivity index (χ2v) is 10.1. The molecule has 0 saturated carbocycles. The minimum Gasteiger partial charge on any atom is -0.396 e. The zero-order valence-electron chi connectivity index (χ0n) is 16.4. The molecule has 32 heavy (non-hydrogen) atoms. The third kappa shape index (κ3) is 5.38. The first kappa shape index (κ1) is 24.8. The molecule has 3 rings (SSSR count). The van der Waals surface area contributed by atoms with Gasteiger partial charge in [-0.25, -0.2) is 17.2 Å². The molecule has 0 bridgehead atoms. The van der Waals surface area contributed by atoms with E-state index < -0.39 is 59.9 Å². The van der Waals surface area contributed by atoms with Gasteiger partial charge in [-0.1, -0.05) is 22.0 Å². The number of aromatic nitrogens is 1.